The predicted molar refractivity (Wildman–Crippen MR) is 134 cm³/mol. The van der Waals surface area contributed by atoms with Crippen LogP contribution in [0.4, 0.5) is 5.69 Å². The molecule has 0 heterocycles. The summed E-state index contributed by atoms with van der Waals surface area (Å²) in [7, 11) is -3.99. The highest BCUT2D eigenvalue weighted by atomic mass is 35.5. The van der Waals surface area contributed by atoms with Crippen LogP contribution >= 0.6 is 11.6 Å². The molecule has 0 spiro atoms. The van der Waals surface area contributed by atoms with Crippen LogP contribution in [0.3, 0.4) is 0 Å². The topological polar surface area (TPSA) is 66.5 Å². The first-order valence-electron chi connectivity index (χ1n) is 10.8. The quantitative estimate of drug-likeness (QED) is 0.444. The maximum absolute atomic E-state index is 13.5. The van der Waals surface area contributed by atoms with Gasteiger partial charge in [-0.15, -0.1) is 0 Å². The second-order valence-corrected chi connectivity index (χ2v) is 10.5. The molecule has 0 saturated carbocycles. The number of carbonyl (C=O) groups is 1. The average molecular weight is 485 g/mol. The fourth-order valence-corrected chi connectivity index (χ4v) is 5.15. The van der Waals surface area contributed by atoms with Crippen LogP contribution < -0.4 is 9.62 Å². The van der Waals surface area contributed by atoms with Crippen LogP contribution in [0.2, 0.25) is 5.02 Å². The molecule has 33 heavy (non-hydrogen) atoms. The number of nitrogens with one attached hydrogen (secondary N) is 1. The number of amides is 1. The summed E-state index contributed by atoms with van der Waals surface area (Å²) in [6.07, 6.45) is 0.677. The third-order valence-corrected chi connectivity index (χ3v) is 7.69. The molecule has 1 atom stereocenters. The van der Waals surface area contributed by atoms with Gasteiger partial charge in [-0.3, -0.25) is 9.10 Å². The maximum atomic E-state index is 13.5. The van der Waals surface area contributed by atoms with E-state index >= 15 is 0 Å². The number of aryl methyl sites for hydroxylation is 3. The molecule has 3 rings (SSSR count). The van der Waals surface area contributed by atoms with Crippen molar-refractivity contribution in [3.63, 3.8) is 0 Å². The zero-order valence-corrected chi connectivity index (χ0v) is 20.9. The molecular weight excluding hydrogens is 456 g/mol. The summed E-state index contributed by atoms with van der Waals surface area (Å²) < 4.78 is 28.1. The van der Waals surface area contributed by atoms with Gasteiger partial charge >= 0.3 is 0 Å². The highest BCUT2D eigenvalue weighted by Gasteiger charge is 2.28. The highest BCUT2D eigenvalue weighted by molar-refractivity contribution is 7.92. The number of carbonyl (C=O) groups excluding carboxylic acids is 1. The van der Waals surface area contributed by atoms with Gasteiger partial charge in [-0.25, -0.2) is 8.42 Å². The van der Waals surface area contributed by atoms with E-state index in [1.54, 1.807) is 48.5 Å². The van der Waals surface area contributed by atoms with E-state index in [2.05, 4.69) is 11.4 Å². The Morgan fingerprint density at radius 2 is 1.67 bits per heavy atom. The maximum Gasteiger partial charge on any atom is 0.264 e. The minimum atomic E-state index is -3.99. The molecule has 0 fully saturated rings. The van der Waals surface area contributed by atoms with Gasteiger partial charge in [-0.1, -0.05) is 60.5 Å². The van der Waals surface area contributed by atoms with E-state index in [9.17, 15) is 13.2 Å². The minimum Gasteiger partial charge on any atom is -0.348 e. The fourth-order valence-electron chi connectivity index (χ4n) is 3.56. The molecule has 0 aliphatic rings. The number of sulfonamides is 1. The number of anilines is 1. The largest absolute Gasteiger partial charge is 0.348 e. The molecular formula is C26H29ClN2O3S. The summed E-state index contributed by atoms with van der Waals surface area (Å²) in [5.74, 6) is -0.393. The van der Waals surface area contributed by atoms with Crippen molar-refractivity contribution in [2.75, 3.05) is 10.8 Å². The van der Waals surface area contributed by atoms with Gasteiger partial charge in [0.15, 0.2) is 0 Å². The van der Waals surface area contributed by atoms with Crippen molar-refractivity contribution in [3.05, 3.63) is 94.0 Å². The van der Waals surface area contributed by atoms with Crippen molar-refractivity contribution >= 4 is 33.2 Å². The number of nitrogens with zero attached hydrogens (tertiary/aromatic N) is 1. The van der Waals surface area contributed by atoms with Gasteiger partial charge in [-0.2, -0.15) is 0 Å². The van der Waals surface area contributed by atoms with Crippen LogP contribution in [-0.2, 0) is 14.8 Å². The Bertz CT molecular complexity index is 1240. The van der Waals surface area contributed by atoms with Gasteiger partial charge in [0.25, 0.3) is 10.0 Å². The summed E-state index contributed by atoms with van der Waals surface area (Å²) in [6.45, 7) is 7.58. The van der Waals surface area contributed by atoms with Crippen molar-refractivity contribution in [1.29, 1.82) is 0 Å². The van der Waals surface area contributed by atoms with Gasteiger partial charge in [0, 0.05) is 5.02 Å². The molecule has 5 nitrogen and oxygen atoms in total. The molecule has 1 N–H and O–H groups in total. The third kappa shape index (κ3) is 5.95. The Kier molecular flexibility index (Phi) is 7.82. The number of rotatable bonds is 8. The lowest BCUT2D eigenvalue weighted by Crippen LogP contribution is -2.42. The molecule has 0 bridgehead atoms. The summed E-state index contributed by atoms with van der Waals surface area (Å²) >= 11 is 6.13. The lowest BCUT2D eigenvalue weighted by atomic mass is 9.99. The molecule has 0 radical (unpaired) electrons. The molecule has 0 aliphatic carbocycles. The van der Waals surface area contributed by atoms with Crippen LogP contribution in [-0.4, -0.2) is 20.9 Å². The molecule has 3 aromatic carbocycles. The normalized spacial score (nSPS) is 12.3. The highest BCUT2D eigenvalue weighted by Crippen LogP contribution is 2.27. The van der Waals surface area contributed by atoms with E-state index in [1.165, 1.54) is 5.56 Å². The van der Waals surface area contributed by atoms with Crippen LogP contribution in [0.25, 0.3) is 0 Å². The molecule has 0 aliphatic heterocycles. The van der Waals surface area contributed by atoms with Gasteiger partial charge in [-0.05, 0) is 74.2 Å². The van der Waals surface area contributed by atoms with Crippen LogP contribution in [0.5, 0.6) is 0 Å². The van der Waals surface area contributed by atoms with E-state index in [1.807, 2.05) is 39.8 Å². The lowest BCUT2D eigenvalue weighted by Gasteiger charge is -2.26. The van der Waals surface area contributed by atoms with Crippen LogP contribution in [0, 0.1) is 20.8 Å². The molecule has 0 aromatic heterocycles. The standard InChI is InChI=1S/C26H29ClN2O3S/c1-5-25(21-12-11-19(3)20(4)15-21)28-26(30)17-29(23-8-6-7-22(27)16-23)33(31,32)24-13-9-18(2)10-14-24/h6-16,25H,5,17H2,1-4H3,(H,28,30). The van der Waals surface area contributed by atoms with Crippen molar-refractivity contribution < 1.29 is 13.2 Å². The molecule has 1 unspecified atom stereocenters. The monoisotopic (exact) mass is 484 g/mol. The Balaban J connectivity index is 1.91. The first-order valence-corrected chi connectivity index (χ1v) is 12.6. The van der Waals surface area contributed by atoms with Crippen molar-refractivity contribution in [3.8, 4) is 0 Å². The zero-order valence-electron chi connectivity index (χ0n) is 19.3. The van der Waals surface area contributed by atoms with Gasteiger partial charge in [0.2, 0.25) is 5.91 Å². The first-order chi connectivity index (χ1) is 15.6. The van der Waals surface area contributed by atoms with Crippen LogP contribution in [0.15, 0.2) is 71.6 Å². The Hall–Kier alpha value is -2.83. The van der Waals surface area contributed by atoms with Crippen molar-refractivity contribution in [2.45, 2.75) is 45.1 Å². The van der Waals surface area contributed by atoms with Crippen molar-refractivity contribution in [2.24, 2.45) is 0 Å². The molecule has 174 valence electrons. The number of benzene rings is 3. The third-order valence-electron chi connectivity index (χ3n) is 5.67. The van der Waals surface area contributed by atoms with Gasteiger partial charge < -0.3 is 5.32 Å². The van der Waals surface area contributed by atoms with E-state index in [4.69, 9.17) is 11.6 Å². The van der Waals surface area contributed by atoms with Crippen molar-refractivity contribution in [1.82, 2.24) is 5.32 Å². The van der Waals surface area contributed by atoms with Gasteiger partial charge in [0.1, 0.15) is 6.54 Å². The minimum absolute atomic E-state index is 0.113. The second kappa shape index (κ2) is 10.4. The lowest BCUT2D eigenvalue weighted by molar-refractivity contribution is -0.120. The Labute approximate surface area is 201 Å². The Morgan fingerprint density at radius 3 is 2.27 bits per heavy atom. The van der Waals surface area contributed by atoms with E-state index in [0.29, 0.717) is 17.1 Å². The summed E-state index contributed by atoms with van der Waals surface area (Å²) in [5, 5.41) is 3.39. The first kappa shape index (κ1) is 24.8. The van der Waals surface area contributed by atoms with Crippen LogP contribution in [0.1, 0.15) is 41.6 Å². The zero-order chi connectivity index (χ0) is 24.2. The van der Waals surface area contributed by atoms with E-state index < -0.39 is 15.9 Å². The summed E-state index contributed by atoms with van der Waals surface area (Å²) in [4.78, 5) is 13.2. The average Bonchev–Trinajstić information content (AvgIpc) is 2.78. The summed E-state index contributed by atoms with van der Waals surface area (Å²) in [6, 6.07) is 18.9. The molecule has 3 aromatic rings. The predicted octanol–water partition coefficient (Wildman–Crippen LogP) is 5.73. The number of hydrogen-bond donors (Lipinski definition) is 1. The molecule has 1 amide bonds. The second-order valence-electron chi connectivity index (χ2n) is 8.18. The fraction of sp³-hybridized carbons (Fsp3) is 0.269. The summed E-state index contributed by atoms with van der Waals surface area (Å²) in [5.41, 5.74) is 4.58. The Morgan fingerprint density at radius 1 is 0.970 bits per heavy atom. The molecule has 7 heteroatoms. The van der Waals surface area contributed by atoms with Gasteiger partial charge in [0.05, 0.1) is 16.6 Å². The van der Waals surface area contributed by atoms with E-state index in [0.717, 1.165) is 21.0 Å². The van der Waals surface area contributed by atoms with E-state index in [-0.39, 0.29) is 17.5 Å². The number of hydrogen-bond acceptors (Lipinski definition) is 3. The number of halogens is 1. The SMILES string of the molecule is CCC(NC(=O)CN(c1cccc(Cl)c1)S(=O)(=O)c1ccc(C)cc1)c1ccc(C)c(C)c1. The molecule has 0 saturated heterocycles. The smallest absolute Gasteiger partial charge is 0.264 e.